The van der Waals surface area contributed by atoms with E-state index in [1.165, 1.54) is 12.1 Å². The molecule has 0 aliphatic carbocycles. The first-order valence-electron chi connectivity index (χ1n) is 3.09. The van der Waals surface area contributed by atoms with E-state index in [9.17, 15) is 13.2 Å². The van der Waals surface area contributed by atoms with Crippen LogP contribution in [0.2, 0.25) is 5.02 Å². The van der Waals surface area contributed by atoms with Crippen molar-refractivity contribution in [1.82, 2.24) is 0 Å². The maximum Gasteiger partial charge on any atom is 0.127 e. The zero-order valence-electron chi connectivity index (χ0n) is 5.92. The Morgan fingerprint density at radius 3 is 2.83 bits per heavy atom. The van der Waals surface area contributed by atoms with E-state index < -0.39 is 16.9 Å². The Labute approximate surface area is 76.6 Å². The third kappa shape index (κ3) is 2.55. The highest BCUT2D eigenvalue weighted by molar-refractivity contribution is 7.78. The van der Waals surface area contributed by atoms with Gasteiger partial charge in [-0.1, -0.05) is 22.7 Å². The van der Waals surface area contributed by atoms with Crippen LogP contribution in [0.3, 0.4) is 0 Å². The predicted molar refractivity (Wildman–Crippen MR) is 44.0 cm³/mol. The van der Waals surface area contributed by atoms with E-state index in [0.29, 0.717) is 5.02 Å². The highest BCUT2D eigenvalue weighted by atomic mass is 35.5. The molecule has 0 aromatic heterocycles. The summed E-state index contributed by atoms with van der Waals surface area (Å²) in [6, 6.07) is 3.81. The molecule has 66 valence electrons. The number of benzene rings is 1. The first-order chi connectivity index (χ1) is 5.59. The molecule has 0 radical (unpaired) electrons. The van der Waals surface area contributed by atoms with Gasteiger partial charge < -0.3 is 4.55 Å². The third-order valence-electron chi connectivity index (χ3n) is 1.28. The predicted octanol–water partition coefficient (Wildman–Crippen LogP) is 1.86. The van der Waals surface area contributed by atoms with Gasteiger partial charge in [0.15, 0.2) is 0 Å². The summed E-state index contributed by atoms with van der Waals surface area (Å²) in [5, 5.41) is 0.330. The molecule has 5 heteroatoms. The summed E-state index contributed by atoms with van der Waals surface area (Å²) >= 11 is 3.25. The van der Waals surface area contributed by atoms with Gasteiger partial charge in [0.2, 0.25) is 0 Å². The second-order valence-corrected chi connectivity index (χ2v) is 3.52. The normalized spacial score (nSPS) is 12.9. The van der Waals surface area contributed by atoms with Gasteiger partial charge >= 0.3 is 0 Å². The van der Waals surface area contributed by atoms with E-state index in [4.69, 9.17) is 11.6 Å². The Kier molecular flexibility index (Phi) is 3.20. The second-order valence-electron chi connectivity index (χ2n) is 2.18. The van der Waals surface area contributed by atoms with E-state index in [1.54, 1.807) is 0 Å². The molecule has 1 aromatic carbocycles. The van der Waals surface area contributed by atoms with Gasteiger partial charge in [0.25, 0.3) is 0 Å². The zero-order chi connectivity index (χ0) is 9.14. The van der Waals surface area contributed by atoms with Crippen LogP contribution in [0.15, 0.2) is 18.2 Å². The molecule has 12 heavy (non-hydrogen) atoms. The van der Waals surface area contributed by atoms with Crippen LogP contribution < -0.4 is 0 Å². The molecule has 1 rings (SSSR count). The minimum atomic E-state index is -2.28. The Morgan fingerprint density at radius 2 is 2.25 bits per heavy atom. The van der Waals surface area contributed by atoms with Crippen molar-refractivity contribution in [3.05, 3.63) is 34.6 Å². The van der Waals surface area contributed by atoms with Crippen molar-refractivity contribution in [2.45, 2.75) is 5.75 Å². The van der Waals surface area contributed by atoms with Gasteiger partial charge in [-0.15, -0.1) is 0 Å². The SMILES string of the molecule is O=S([O-])Cc1cc(Cl)ccc1F. The van der Waals surface area contributed by atoms with Gasteiger partial charge in [-0.25, -0.2) is 4.39 Å². The van der Waals surface area contributed by atoms with Gasteiger partial charge in [0, 0.05) is 16.3 Å². The van der Waals surface area contributed by atoms with Crippen LogP contribution in [0.1, 0.15) is 5.56 Å². The smallest absolute Gasteiger partial charge is 0.127 e. The Balaban J connectivity index is 2.97. The quantitative estimate of drug-likeness (QED) is 0.695. The second kappa shape index (κ2) is 3.98. The average molecular weight is 208 g/mol. The van der Waals surface area contributed by atoms with Gasteiger partial charge in [-0.3, -0.25) is 4.21 Å². The molecule has 0 saturated carbocycles. The van der Waals surface area contributed by atoms with Crippen LogP contribution in [-0.2, 0) is 16.8 Å². The molecular weight excluding hydrogens is 203 g/mol. The Morgan fingerprint density at radius 1 is 1.58 bits per heavy atom. The van der Waals surface area contributed by atoms with Crippen molar-refractivity contribution >= 4 is 22.7 Å². The number of halogens is 2. The minimum absolute atomic E-state index is 0.0934. The fourth-order valence-corrected chi connectivity index (χ4v) is 1.45. The molecular formula is C7H5ClFO2S-. The summed E-state index contributed by atoms with van der Waals surface area (Å²) in [7, 11) is 0. The fraction of sp³-hybridized carbons (Fsp3) is 0.143. The lowest BCUT2D eigenvalue weighted by Gasteiger charge is -2.05. The fourth-order valence-electron chi connectivity index (χ4n) is 0.781. The van der Waals surface area contributed by atoms with Crippen molar-refractivity contribution in [3.8, 4) is 0 Å². The van der Waals surface area contributed by atoms with Crippen LogP contribution in [0.5, 0.6) is 0 Å². The van der Waals surface area contributed by atoms with Crippen LogP contribution in [0.25, 0.3) is 0 Å². The number of rotatable bonds is 2. The first-order valence-corrected chi connectivity index (χ1v) is 4.71. The van der Waals surface area contributed by atoms with Gasteiger partial charge in [0.1, 0.15) is 5.82 Å². The molecule has 0 N–H and O–H groups in total. The summed E-state index contributed by atoms with van der Waals surface area (Å²) in [6.07, 6.45) is 0. The molecule has 2 nitrogen and oxygen atoms in total. The molecule has 0 spiro atoms. The number of hydrogen-bond acceptors (Lipinski definition) is 2. The Hall–Kier alpha value is -0.450. The Bertz CT molecular complexity index is 316. The zero-order valence-corrected chi connectivity index (χ0v) is 7.49. The maximum atomic E-state index is 12.8. The molecule has 0 saturated heterocycles. The van der Waals surface area contributed by atoms with Gasteiger partial charge in [-0.2, -0.15) is 0 Å². The summed E-state index contributed by atoms with van der Waals surface area (Å²) in [5.74, 6) is -0.893. The van der Waals surface area contributed by atoms with Crippen LogP contribution in [-0.4, -0.2) is 8.76 Å². The lowest BCUT2D eigenvalue weighted by molar-refractivity contribution is 0.533. The average Bonchev–Trinajstić information content (AvgIpc) is 1.96. The molecule has 0 heterocycles. The van der Waals surface area contributed by atoms with Crippen LogP contribution in [0.4, 0.5) is 4.39 Å². The molecule has 0 aliphatic rings. The molecule has 0 amide bonds. The number of hydrogen-bond donors (Lipinski definition) is 0. The van der Waals surface area contributed by atoms with Crippen LogP contribution >= 0.6 is 11.6 Å². The van der Waals surface area contributed by atoms with E-state index in [-0.39, 0.29) is 11.3 Å². The van der Waals surface area contributed by atoms with Crippen molar-refractivity contribution in [2.75, 3.05) is 0 Å². The highest BCUT2D eigenvalue weighted by Crippen LogP contribution is 2.15. The topological polar surface area (TPSA) is 40.1 Å². The standard InChI is InChI=1S/C7H6ClFO2S/c8-6-1-2-7(9)5(3-6)4-12(10)11/h1-3H,4H2,(H,10,11)/p-1. The summed E-state index contributed by atoms with van der Waals surface area (Å²) in [5.41, 5.74) is 0.0934. The van der Waals surface area contributed by atoms with Crippen molar-refractivity contribution < 1.29 is 13.2 Å². The van der Waals surface area contributed by atoms with Crippen molar-refractivity contribution in [2.24, 2.45) is 0 Å². The van der Waals surface area contributed by atoms with Gasteiger partial charge in [-0.05, 0) is 18.2 Å². The lowest BCUT2D eigenvalue weighted by atomic mass is 10.2. The van der Waals surface area contributed by atoms with Crippen molar-refractivity contribution in [1.29, 1.82) is 0 Å². The summed E-state index contributed by atoms with van der Waals surface area (Å²) in [6.45, 7) is 0. The maximum absolute atomic E-state index is 12.8. The van der Waals surface area contributed by atoms with E-state index >= 15 is 0 Å². The molecule has 0 bridgehead atoms. The molecule has 1 aromatic rings. The summed E-state index contributed by atoms with van der Waals surface area (Å²) in [4.78, 5) is 0. The van der Waals surface area contributed by atoms with E-state index in [1.807, 2.05) is 0 Å². The van der Waals surface area contributed by atoms with Crippen molar-refractivity contribution in [3.63, 3.8) is 0 Å². The third-order valence-corrected chi connectivity index (χ3v) is 2.06. The summed E-state index contributed by atoms with van der Waals surface area (Å²) < 4.78 is 33.2. The van der Waals surface area contributed by atoms with Crippen LogP contribution in [0, 0.1) is 5.82 Å². The monoisotopic (exact) mass is 207 g/mol. The van der Waals surface area contributed by atoms with Gasteiger partial charge in [0.05, 0.1) is 0 Å². The van der Waals surface area contributed by atoms with E-state index in [0.717, 1.165) is 6.07 Å². The van der Waals surface area contributed by atoms with E-state index in [2.05, 4.69) is 0 Å². The molecule has 1 atom stereocenters. The lowest BCUT2D eigenvalue weighted by Crippen LogP contribution is -1.96. The first kappa shape index (κ1) is 9.64. The molecule has 0 aliphatic heterocycles. The minimum Gasteiger partial charge on any atom is -0.772 e. The molecule has 1 unspecified atom stereocenters. The largest absolute Gasteiger partial charge is 0.772 e. The highest BCUT2D eigenvalue weighted by Gasteiger charge is 2.01. The molecule has 0 fully saturated rings.